The van der Waals surface area contributed by atoms with Gasteiger partial charge in [0.25, 0.3) is 5.89 Å². The minimum atomic E-state index is 0.0546. The Labute approximate surface area is 92.1 Å². The second-order valence-corrected chi connectivity index (χ2v) is 4.41. The zero-order valence-corrected chi connectivity index (χ0v) is 9.54. The Morgan fingerprint density at radius 2 is 2.33 bits per heavy atom. The molecular formula is C10H13N3OS. The molecule has 0 saturated heterocycles. The van der Waals surface area contributed by atoms with Crippen LogP contribution in [0.1, 0.15) is 18.3 Å². The number of thiophene rings is 1. The Morgan fingerprint density at radius 3 is 2.93 bits per heavy atom. The van der Waals surface area contributed by atoms with Crippen LogP contribution in [0.15, 0.2) is 15.3 Å². The number of nitrogens with two attached hydrogens (primary N) is 1. The maximum atomic E-state index is 5.66. The van der Waals surface area contributed by atoms with Gasteiger partial charge >= 0.3 is 0 Å². The summed E-state index contributed by atoms with van der Waals surface area (Å²) in [5.41, 5.74) is 7.84. The quantitative estimate of drug-likeness (QED) is 0.864. The highest BCUT2D eigenvalue weighted by Crippen LogP contribution is 2.25. The number of hydrogen-bond donors (Lipinski definition) is 1. The molecule has 0 aliphatic heterocycles. The fourth-order valence-electron chi connectivity index (χ4n) is 1.31. The molecule has 0 radical (unpaired) electrons. The van der Waals surface area contributed by atoms with Crippen LogP contribution in [0.4, 0.5) is 0 Å². The summed E-state index contributed by atoms with van der Waals surface area (Å²) in [6, 6.07) is 0.0546. The monoisotopic (exact) mass is 223 g/mol. The van der Waals surface area contributed by atoms with Gasteiger partial charge in [-0.25, -0.2) is 0 Å². The van der Waals surface area contributed by atoms with Gasteiger partial charge in [-0.3, -0.25) is 0 Å². The molecule has 1 unspecified atom stereocenters. The lowest BCUT2D eigenvalue weighted by atomic mass is 10.2. The summed E-state index contributed by atoms with van der Waals surface area (Å²) in [6.07, 6.45) is 0.646. The maximum Gasteiger partial charge on any atom is 0.259 e. The molecule has 0 fully saturated rings. The zero-order chi connectivity index (χ0) is 10.8. The predicted molar refractivity (Wildman–Crippen MR) is 59.7 cm³/mol. The molecule has 2 aromatic heterocycles. The van der Waals surface area contributed by atoms with E-state index in [1.807, 2.05) is 19.2 Å². The van der Waals surface area contributed by atoms with Crippen molar-refractivity contribution in [3.05, 3.63) is 22.1 Å². The summed E-state index contributed by atoms with van der Waals surface area (Å²) >= 11 is 1.63. The first-order chi connectivity index (χ1) is 7.16. The van der Waals surface area contributed by atoms with E-state index in [1.165, 1.54) is 0 Å². The third-order valence-electron chi connectivity index (χ3n) is 2.06. The fourth-order valence-corrected chi connectivity index (χ4v) is 2.14. The summed E-state index contributed by atoms with van der Waals surface area (Å²) < 4.78 is 5.18. The van der Waals surface area contributed by atoms with Gasteiger partial charge in [-0.05, 0) is 24.8 Å². The molecule has 0 aromatic carbocycles. The van der Waals surface area contributed by atoms with Crippen molar-refractivity contribution in [3.63, 3.8) is 0 Å². The second kappa shape index (κ2) is 4.12. The number of aromatic nitrogens is 2. The van der Waals surface area contributed by atoms with Crippen molar-refractivity contribution in [3.8, 4) is 11.5 Å². The highest BCUT2D eigenvalue weighted by atomic mass is 32.1. The average Bonchev–Trinajstić information content (AvgIpc) is 2.72. The molecule has 2 heterocycles. The molecule has 5 heteroatoms. The van der Waals surface area contributed by atoms with E-state index in [1.54, 1.807) is 11.3 Å². The number of rotatable bonds is 3. The Morgan fingerprint density at radius 1 is 1.53 bits per heavy atom. The van der Waals surface area contributed by atoms with E-state index in [0.717, 1.165) is 11.1 Å². The third kappa shape index (κ3) is 2.24. The van der Waals surface area contributed by atoms with Crippen LogP contribution in [0, 0.1) is 6.92 Å². The smallest absolute Gasteiger partial charge is 0.259 e. The third-order valence-corrected chi connectivity index (χ3v) is 2.92. The first kappa shape index (κ1) is 10.3. The first-order valence-electron chi connectivity index (χ1n) is 4.78. The van der Waals surface area contributed by atoms with E-state index in [9.17, 15) is 0 Å². The molecule has 0 aliphatic carbocycles. The number of aryl methyl sites for hydroxylation is 1. The topological polar surface area (TPSA) is 64.9 Å². The normalized spacial score (nSPS) is 13.0. The summed E-state index contributed by atoms with van der Waals surface area (Å²) in [4.78, 5) is 4.30. The van der Waals surface area contributed by atoms with Crippen LogP contribution in [-0.4, -0.2) is 16.2 Å². The largest absolute Gasteiger partial charge is 0.334 e. The van der Waals surface area contributed by atoms with Crippen molar-refractivity contribution in [2.24, 2.45) is 5.73 Å². The molecule has 0 bridgehead atoms. The maximum absolute atomic E-state index is 5.66. The molecule has 0 aliphatic rings. The minimum absolute atomic E-state index is 0.0546. The Kier molecular flexibility index (Phi) is 2.83. The molecule has 2 rings (SSSR count). The molecule has 1 atom stereocenters. The first-order valence-corrected chi connectivity index (χ1v) is 5.72. The standard InChI is InChI=1S/C10H13N3OS/c1-6-4-15-5-8(6)10-12-9(13-14-10)3-7(2)11/h4-5,7H,3,11H2,1-2H3. The lowest BCUT2D eigenvalue weighted by Gasteiger charge is -1.96. The van der Waals surface area contributed by atoms with Crippen molar-refractivity contribution >= 4 is 11.3 Å². The van der Waals surface area contributed by atoms with Crippen LogP contribution >= 0.6 is 11.3 Å². The molecule has 15 heavy (non-hydrogen) atoms. The van der Waals surface area contributed by atoms with E-state index in [4.69, 9.17) is 10.3 Å². The van der Waals surface area contributed by atoms with Crippen molar-refractivity contribution < 1.29 is 4.52 Å². The molecule has 2 N–H and O–H groups in total. The van der Waals surface area contributed by atoms with Crippen LogP contribution in [-0.2, 0) is 6.42 Å². The highest BCUT2D eigenvalue weighted by Gasteiger charge is 2.12. The molecule has 0 spiro atoms. The van der Waals surface area contributed by atoms with E-state index in [0.29, 0.717) is 18.1 Å². The SMILES string of the molecule is Cc1cscc1-c1nc(CC(C)N)no1. The van der Waals surface area contributed by atoms with E-state index < -0.39 is 0 Å². The van der Waals surface area contributed by atoms with Crippen LogP contribution in [0.25, 0.3) is 11.5 Å². The van der Waals surface area contributed by atoms with Crippen molar-refractivity contribution in [2.75, 3.05) is 0 Å². The average molecular weight is 223 g/mol. The Hall–Kier alpha value is -1.20. The van der Waals surface area contributed by atoms with E-state index in [2.05, 4.69) is 15.5 Å². The summed E-state index contributed by atoms with van der Waals surface area (Å²) in [7, 11) is 0. The van der Waals surface area contributed by atoms with Crippen LogP contribution in [0.5, 0.6) is 0 Å². The van der Waals surface area contributed by atoms with Crippen LogP contribution < -0.4 is 5.73 Å². The van der Waals surface area contributed by atoms with Crippen molar-refractivity contribution in [1.29, 1.82) is 0 Å². The van der Waals surface area contributed by atoms with Crippen molar-refractivity contribution in [1.82, 2.24) is 10.1 Å². The highest BCUT2D eigenvalue weighted by molar-refractivity contribution is 7.08. The van der Waals surface area contributed by atoms with Gasteiger partial charge in [-0.1, -0.05) is 5.16 Å². The molecule has 4 nitrogen and oxygen atoms in total. The van der Waals surface area contributed by atoms with Gasteiger partial charge < -0.3 is 10.3 Å². The zero-order valence-electron chi connectivity index (χ0n) is 8.73. The second-order valence-electron chi connectivity index (χ2n) is 3.67. The van der Waals surface area contributed by atoms with Gasteiger partial charge in [0.05, 0.1) is 5.56 Å². The van der Waals surface area contributed by atoms with Gasteiger partial charge in [0.15, 0.2) is 5.82 Å². The molecular weight excluding hydrogens is 210 g/mol. The van der Waals surface area contributed by atoms with Gasteiger partial charge in [0, 0.05) is 17.8 Å². The fraction of sp³-hybridized carbons (Fsp3) is 0.400. The van der Waals surface area contributed by atoms with Crippen LogP contribution in [0.2, 0.25) is 0 Å². The lowest BCUT2D eigenvalue weighted by molar-refractivity contribution is 0.420. The predicted octanol–water partition coefficient (Wildman–Crippen LogP) is 2.00. The van der Waals surface area contributed by atoms with Gasteiger partial charge in [-0.15, -0.1) is 0 Å². The van der Waals surface area contributed by atoms with E-state index >= 15 is 0 Å². The summed E-state index contributed by atoms with van der Waals surface area (Å²) in [6.45, 7) is 3.95. The molecule has 0 saturated carbocycles. The molecule has 0 amide bonds. The van der Waals surface area contributed by atoms with Crippen molar-refractivity contribution in [2.45, 2.75) is 26.3 Å². The Bertz CT molecular complexity index is 447. The summed E-state index contributed by atoms with van der Waals surface area (Å²) in [5, 5.41) is 7.96. The van der Waals surface area contributed by atoms with E-state index in [-0.39, 0.29) is 6.04 Å². The van der Waals surface area contributed by atoms with Gasteiger partial charge in [-0.2, -0.15) is 16.3 Å². The Balaban J connectivity index is 2.24. The lowest BCUT2D eigenvalue weighted by Crippen LogP contribution is -2.18. The van der Waals surface area contributed by atoms with Gasteiger partial charge in [0.2, 0.25) is 0 Å². The molecule has 80 valence electrons. The summed E-state index contributed by atoms with van der Waals surface area (Å²) in [5.74, 6) is 1.26. The minimum Gasteiger partial charge on any atom is -0.334 e. The number of hydrogen-bond acceptors (Lipinski definition) is 5. The van der Waals surface area contributed by atoms with Crippen LogP contribution in [0.3, 0.4) is 0 Å². The number of nitrogens with zero attached hydrogens (tertiary/aromatic N) is 2. The van der Waals surface area contributed by atoms with Gasteiger partial charge in [0.1, 0.15) is 0 Å². The molecule has 2 aromatic rings.